The van der Waals surface area contributed by atoms with E-state index in [0.29, 0.717) is 24.5 Å². The highest BCUT2D eigenvalue weighted by Crippen LogP contribution is 2.19. The van der Waals surface area contributed by atoms with Crippen molar-refractivity contribution in [2.75, 3.05) is 39.5 Å². The van der Waals surface area contributed by atoms with Gasteiger partial charge in [-0.3, -0.25) is 4.79 Å². The van der Waals surface area contributed by atoms with Gasteiger partial charge in [-0.15, -0.1) is 0 Å². The summed E-state index contributed by atoms with van der Waals surface area (Å²) >= 11 is 0. The van der Waals surface area contributed by atoms with Gasteiger partial charge in [0, 0.05) is 26.2 Å². The molecule has 0 saturated carbocycles. The smallest absolute Gasteiger partial charge is 0.251 e. The van der Waals surface area contributed by atoms with Crippen LogP contribution < -0.4 is 15.8 Å². The van der Waals surface area contributed by atoms with Crippen molar-refractivity contribution < 1.29 is 17.9 Å². The Morgan fingerprint density at radius 3 is 2.65 bits per heavy atom. The second kappa shape index (κ2) is 8.85. The van der Waals surface area contributed by atoms with E-state index in [1.807, 2.05) is 6.92 Å². The summed E-state index contributed by atoms with van der Waals surface area (Å²) in [6, 6.07) is 5.13. The zero-order chi connectivity index (χ0) is 17.5. The number of carbonyl (C=O) groups excluding carboxylic acids is 1. The second-order valence-corrected chi connectivity index (χ2v) is 7.63. The third kappa shape index (κ3) is 6.17. The monoisotopic (exact) mass is 343 g/mol. The molecule has 0 radical (unpaired) electrons. The first-order valence-electron chi connectivity index (χ1n) is 7.40. The third-order valence-electron chi connectivity index (χ3n) is 3.26. The molecule has 0 heterocycles. The lowest BCUT2D eigenvalue weighted by atomic mass is 10.1. The van der Waals surface area contributed by atoms with Gasteiger partial charge in [-0.05, 0) is 37.6 Å². The molecule has 23 heavy (non-hydrogen) atoms. The molecular formula is C15H25N3O4S. The van der Waals surface area contributed by atoms with Gasteiger partial charge >= 0.3 is 0 Å². The van der Waals surface area contributed by atoms with Crippen LogP contribution in [0.3, 0.4) is 0 Å². The van der Waals surface area contributed by atoms with Crippen LogP contribution in [0.25, 0.3) is 0 Å². The molecular weight excluding hydrogens is 318 g/mol. The standard InChI is InChI=1S/C15H25N3O4S/c1-12-5-6-13(11-14(12)22-9-4-7-16)15(19)17-8-10-23(20,21)18(2)3/h5-6,11H,4,7-10,16H2,1-3H3,(H,17,19). The first-order chi connectivity index (χ1) is 10.8. The molecule has 0 spiro atoms. The summed E-state index contributed by atoms with van der Waals surface area (Å²) in [6.45, 7) is 2.97. The van der Waals surface area contributed by atoms with Gasteiger partial charge in [-0.25, -0.2) is 12.7 Å². The average molecular weight is 343 g/mol. The molecule has 0 aliphatic rings. The van der Waals surface area contributed by atoms with Crippen molar-refractivity contribution in [1.82, 2.24) is 9.62 Å². The Bertz CT molecular complexity index is 630. The Hall–Kier alpha value is -1.64. The number of nitrogens with two attached hydrogens (primary N) is 1. The quantitative estimate of drug-likeness (QED) is 0.630. The Balaban J connectivity index is 2.64. The molecule has 0 aliphatic carbocycles. The first kappa shape index (κ1) is 19.4. The van der Waals surface area contributed by atoms with Crippen LogP contribution in [0.4, 0.5) is 0 Å². The fourth-order valence-electron chi connectivity index (χ4n) is 1.74. The zero-order valence-corrected chi connectivity index (χ0v) is 14.6. The number of nitrogens with zero attached hydrogens (tertiary/aromatic N) is 1. The van der Waals surface area contributed by atoms with Crippen LogP contribution in [0.1, 0.15) is 22.3 Å². The Kier molecular flexibility index (Phi) is 7.47. The topological polar surface area (TPSA) is 102 Å². The van der Waals surface area contributed by atoms with Crippen LogP contribution in [0.15, 0.2) is 18.2 Å². The highest BCUT2D eigenvalue weighted by atomic mass is 32.2. The molecule has 0 aliphatic heterocycles. The number of ether oxygens (including phenoxy) is 1. The molecule has 0 fully saturated rings. The molecule has 0 atom stereocenters. The fraction of sp³-hybridized carbons (Fsp3) is 0.533. The van der Waals surface area contributed by atoms with Gasteiger partial charge in [0.25, 0.3) is 5.91 Å². The Labute approximate surface area is 137 Å². The Morgan fingerprint density at radius 2 is 2.04 bits per heavy atom. The first-order valence-corrected chi connectivity index (χ1v) is 9.00. The van der Waals surface area contributed by atoms with Gasteiger partial charge in [0.15, 0.2) is 0 Å². The summed E-state index contributed by atoms with van der Waals surface area (Å²) in [7, 11) is -0.403. The third-order valence-corrected chi connectivity index (χ3v) is 5.09. The average Bonchev–Trinajstić information content (AvgIpc) is 2.48. The van der Waals surface area contributed by atoms with Crippen molar-refractivity contribution in [2.45, 2.75) is 13.3 Å². The van der Waals surface area contributed by atoms with E-state index in [2.05, 4.69) is 5.32 Å². The summed E-state index contributed by atoms with van der Waals surface area (Å²) in [6.07, 6.45) is 0.734. The molecule has 8 heteroatoms. The predicted molar refractivity (Wildman–Crippen MR) is 90.2 cm³/mol. The molecule has 1 rings (SSSR count). The number of hydrogen-bond acceptors (Lipinski definition) is 5. The summed E-state index contributed by atoms with van der Waals surface area (Å²) < 4.78 is 30.0. The van der Waals surface area contributed by atoms with Crippen LogP contribution >= 0.6 is 0 Å². The van der Waals surface area contributed by atoms with Crippen LogP contribution in [0.5, 0.6) is 5.75 Å². The molecule has 1 aromatic rings. The van der Waals surface area contributed by atoms with Gasteiger partial charge in [-0.2, -0.15) is 0 Å². The number of amides is 1. The van der Waals surface area contributed by atoms with E-state index in [1.54, 1.807) is 18.2 Å². The van der Waals surface area contributed by atoms with Crippen molar-refractivity contribution in [2.24, 2.45) is 5.73 Å². The number of benzene rings is 1. The maximum Gasteiger partial charge on any atom is 0.251 e. The van der Waals surface area contributed by atoms with Crippen molar-refractivity contribution in [1.29, 1.82) is 0 Å². The molecule has 0 saturated heterocycles. The number of hydrogen-bond donors (Lipinski definition) is 2. The Morgan fingerprint density at radius 1 is 1.35 bits per heavy atom. The van der Waals surface area contributed by atoms with Crippen molar-refractivity contribution >= 4 is 15.9 Å². The lowest BCUT2D eigenvalue weighted by Crippen LogP contribution is -2.33. The van der Waals surface area contributed by atoms with Crippen LogP contribution in [-0.2, 0) is 10.0 Å². The van der Waals surface area contributed by atoms with Crippen molar-refractivity contribution in [3.63, 3.8) is 0 Å². The van der Waals surface area contributed by atoms with Crippen molar-refractivity contribution in [3.8, 4) is 5.75 Å². The van der Waals surface area contributed by atoms with Gasteiger partial charge in [0.1, 0.15) is 5.75 Å². The highest BCUT2D eigenvalue weighted by molar-refractivity contribution is 7.89. The summed E-state index contributed by atoms with van der Waals surface area (Å²) in [4.78, 5) is 12.1. The fourth-order valence-corrected chi connectivity index (χ4v) is 2.47. The van der Waals surface area contributed by atoms with E-state index < -0.39 is 10.0 Å². The minimum absolute atomic E-state index is 0.0522. The predicted octanol–water partition coefficient (Wildman–Crippen LogP) is 0.344. The lowest BCUT2D eigenvalue weighted by Gasteiger charge is -2.13. The molecule has 0 unspecified atom stereocenters. The summed E-state index contributed by atoms with van der Waals surface area (Å²) in [5.41, 5.74) is 6.78. The van der Waals surface area contributed by atoms with Gasteiger partial charge < -0.3 is 15.8 Å². The number of nitrogens with one attached hydrogen (secondary N) is 1. The number of sulfonamides is 1. The van der Waals surface area contributed by atoms with Crippen molar-refractivity contribution in [3.05, 3.63) is 29.3 Å². The van der Waals surface area contributed by atoms with Crippen LogP contribution in [-0.4, -0.2) is 58.2 Å². The highest BCUT2D eigenvalue weighted by Gasteiger charge is 2.14. The molecule has 0 aromatic heterocycles. The molecule has 7 nitrogen and oxygen atoms in total. The van der Waals surface area contributed by atoms with Crippen LogP contribution in [0.2, 0.25) is 0 Å². The van der Waals surface area contributed by atoms with E-state index in [4.69, 9.17) is 10.5 Å². The van der Waals surface area contributed by atoms with Crippen LogP contribution in [0, 0.1) is 6.92 Å². The zero-order valence-electron chi connectivity index (χ0n) is 13.8. The maximum atomic E-state index is 12.1. The molecule has 1 amide bonds. The lowest BCUT2D eigenvalue weighted by molar-refractivity contribution is 0.0955. The molecule has 3 N–H and O–H groups in total. The normalized spacial score (nSPS) is 11.5. The SMILES string of the molecule is Cc1ccc(C(=O)NCCS(=O)(=O)N(C)C)cc1OCCCN. The van der Waals surface area contributed by atoms with E-state index in [9.17, 15) is 13.2 Å². The van der Waals surface area contributed by atoms with E-state index in [1.165, 1.54) is 14.1 Å². The number of rotatable bonds is 9. The van der Waals surface area contributed by atoms with E-state index >= 15 is 0 Å². The van der Waals surface area contributed by atoms with Gasteiger partial charge in [0.2, 0.25) is 10.0 Å². The number of carbonyl (C=O) groups is 1. The van der Waals surface area contributed by atoms with Gasteiger partial charge in [-0.1, -0.05) is 6.07 Å². The maximum absolute atomic E-state index is 12.1. The van der Waals surface area contributed by atoms with E-state index in [0.717, 1.165) is 16.3 Å². The minimum atomic E-state index is -3.32. The summed E-state index contributed by atoms with van der Waals surface area (Å²) in [5, 5.41) is 2.60. The van der Waals surface area contributed by atoms with E-state index in [-0.39, 0.29) is 18.2 Å². The molecule has 0 bridgehead atoms. The molecule has 130 valence electrons. The second-order valence-electron chi connectivity index (χ2n) is 5.33. The minimum Gasteiger partial charge on any atom is -0.493 e. The molecule has 1 aromatic carbocycles. The van der Waals surface area contributed by atoms with Gasteiger partial charge in [0.05, 0.1) is 12.4 Å². The number of aryl methyl sites for hydroxylation is 1. The summed E-state index contributed by atoms with van der Waals surface area (Å²) in [5.74, 6) is 0.159. The largest absolute Gasteiger partial charge is 0.493 e.